The topological polar surface area (TPSA) is 79.3 Å². The fraction of sp³-hybridized carbons (Fsp3) is 0.579. The monoisotopic (exact) mass is 401 g/mol. The average Bonchev–Trinajstić information content (AvgIpc) is 2.74. The first kappa shape index (κ1) is 19.2. The Kier molecular flexibility index (Phi) is 6.11. The number of ether oxygens (including phenoxy) is 1. The zero-order valence-electron chi connectivity index (χ0n) is 16.5. The van der Waals surface area contributed by atoms with E-state index in [2.05, 4.69) is 31.2 Å². The lowest BCUT2D eigenvalue weighted by atomic mass is 10.1. The number of thioether (sulfide) groups is 1. The second-order valence-electron chi connectivity index (χ2n) is 7.13. The van der Waals surface area contributed by atoms with E-state index in [9.17, 15) is 0 Å². The molecule has 2 fully saturated rings. The van der Waals surface area contributed by atoms with Gasteiger partial charge in [-0.25, -0.2) is 15.0 Å². The smallest absolute Gasteiger partial charge is 0.227 e. The third-order valence-electron chi connectivity index (χ3n) is 5.04. The van der Waals surface area contributed by atoms with Crippen molar-refractivity contribution >= 4 is 29.3 Å². The van der Waals surface area contributed by atoms with E-state index in [4.69, 9.17) is 14.7 Å². The maximum atomic E-state index is 5.42. The Hall–Kier alpha value is -2.13. The van der Waals surface area contributed by atoms with Crippen LogP contribution in [0, 0.1) is 6.92 Å². The maximum Gasteiger partial charge on any atom is 0.227 e. The molecule has 0 radical (unpaired) electrons. The maximum absolute atomic E-state index is 5.42. The number of anilines is 3. The summed E-state index contributed by atoms with van der Waals surface area (Å²) in [5.41, 5.74) is 1.01. The van der Waals surface area contributed by atoms with E-state index in [1.54, 1.807) is 11.8 Å². The van der Waals surface area contributed by atoms with Crippen molar-refractivity contribution in [1.82, 2.24) is 19.9 Å². The predicted octanol–water partition coefficient (Wildman–Crippen LogP) is 2.21. The van der Waals surface area contributed by atoms with Crippen LogP contribution in [-0.4, -0.2) is 71.6 Å². The van der Waals surface area contributed by atoms with Crippen LogP contribution in [0.25, 0.3) is 0 Å². The highest BCUT2D eigenvalue weighted by molar-refractivity contribution is 7.98. The van der Waals surface area contributed by atoms with Crippen molar-refractivity contribution in [2.24, 2.45) is 0 Å². The summed E-state index contributed by atoms with van der Waals surface area (Å²) in [4.78, 5) is 22.9. The highest BCUT2D eigenvalue weighted by Gasteiger charge is 2.22. The molecule has 150 valence electrons. The van der Waals surface area contributed by atoms with E-state index < -0.39 is 0 Å². The Balaban J connectivity index is 1.43. The number of piperidine rings is 1. The standard InChI is InChI=1S/C19H27N7OS/c1-14-12-17(24-19(21-14)28-2)26-7-3-4-15(13-26)22-16-5-6-20-18(23-16)25-8-10-27-11-9-25/h5-6,12,15H,3-4,7-11,13H2,1-2H3,(H,20,22,23). The third-order valence-corrected chi connectivity index (χ3v) is 5.58. The van der Waals surface area contributed by atoms with Crippen LogP contribution in [0.1, 0.15) is 18.5 Å². The van der Waals surface area contributed by atoms with Gasteiger partial charge in [0.2, 0.25) is 5.95 Å². The van der Waals surface area contributed by atoms with Crippen LogP contribution in [0.15, 0.2) is 23.5 Å². The number of aryl methyl sites for hydroxylation is 1. The molecule has 4 heterocycles. The zero-order chi connectivity index (χ0) is 19.3. The van der Waals surface area contributed by atoms with Gasteiger partial charge in [-0.3, -0.25) is 0 Å². The van der Waals surface area contributed by atoms with Gasteiger partial charge in [-0.2, -0.15) is 4.98 Å². The Morgan fingerprint density at radius 3 is 2.82 bits per heavy atom. The van der Waals surface area contributed by atoms with Crippen LogP contribution >= 0.6 is 11.8 Å². The van der Waals surface area contributed by atoms with Gasteiger partial charge in [-0.05, 0) is 32.1 Å². The summed E-state index contributed by atoms with van der Waals surface area (Å²) in [5, 5.41) is 4.43. The van der Waals surface area contributed by atoms with Gasteiger partial charge in [-0.15, -0.1) is 0 Å². The molecule has 9 heteroatoms. The summed E-state index contributed by atoms with van der Waals surface area (Å²) >= 11 is 1.58. The number of hydrogen-bond donors (Lipinski definition) is 1. The molecule has 8 nitrogen and oxygen atoms in total. The van der Waals surface area contributed by atoms with Crippen LogP contribution in [0.5, 0.6) is 0 Å². The van der Waals surface area contributed by atoms with E-state index >= 15 is 0 Å². The summed E-state index contributed by atoms with van der Waals surface area (Å²) in [6.45, 7) is 7.09. The first-order valence-electron chi connectivity index (χ1n) is 9.78. The van der Waals surface area contributed by atoms with Crippen LogP contribution in [0.2, 0.25) is 0 Å². The van der Waals surface area contributed by atoms with Crippen molar-refractivity contribution in [2.75, 3.05) is 60.8 Å². The SMILES string of the molecule is CSc1nc(C)cc(N2CCCC(Nc3ccnc(N4CCOCC4)n3)C2)n1. The van der Waals surface area contributed by atoms with Gasteiger partial charge in [0.25, 0.3) is 0 Å². The summed E-state index contributed by atoms with van der Waals surface area (Å²) < 4.78 is 5.42. The molecule has 1 N–H and O–H groups in total. The molecule has 2 saturated heterocycles. The molecule has 2 aliphatic rings. The van der Waals surface area contributed by atoms with Gasteiger partial charge in [0, 0.05) is 50.2 Å². The van der Waals surface area contributed by atoms with E-state index in [-0.39, 0.29) is 0 Å². The van der Waals surface area contributed by atoms with Crippen molar-refractivity contribution in [3.8, 4) is 0 Å². The quantitative estimate of drug-likeness (QED) is 0.599. The minimum atomic E-state index is 0.328. The molecule has 2 aromatic rings. The molecule has 0 aliphatic carbocycles. The number of aromatic nitrogens is 4. The minimum absolute atomic E-state index is 0.328. The largest absolute Gasteiger partial charge is 0.378 e. The summed E-state index contributed by atoms with van der Waals surface area (Å²) in [6, 6.07) is 4.35. The molecule has 0 bridgehead atoms. The van der Waals surface area contributed by atoms with Crippen molar-refractivity contribution in [2.45, 2.75) is 31.0 Å². The second-order valence-corrected chi connectivity index (χ2v) is 7.90. The van der Waals surface area contributed by atoms with Gasteiger partial charge in [-0.1, -0.05) is 11.8 Å². The lowest BCUT2D eigenvalue weighted by molar-refractivity contribution is 0.122. The number of nitrogens with zero attached hydrogens (tertiary/aromatic N) is 6. The molecule has 0 spiro atoms. The van der Waals surface area contributed by atoms with Crippen LogP contribution in [-0.2, 0) is 4.74 Å². The van der Waals surface area contributed by atoms with Crippen LogP contribution < -0.4 is 15.1 Å². The fourth-order valence-corrected chi connectivity index (χ4v) is 4.06. The van der Waals surface area contributed by atoms with Gasteiger partial charge in [0.05, 0.1) is 13.2 Å². The van der Waals surface area contributed by atoms with E-state index in [0.29, 0.717) is 6.04 Å². The molecule has 2 aliphatic heterocycles. The van der Waals surface area contributed by atoms with Gasteiger partial charge < -0.3 is 19.9 Å². The van der Waals surface area contributed by atoms with Gasteiger partial charge >= 0.3 is 0 Å². The molecule has 1 unspecified atom stereocenters. The van der Waals surface area contributed by atoms with E-state index in [1.165, 1.54) is 0 Å². The molecule has 4 rings (SSSR count). The predicted molar refractivity (Wildman–Crippen MR) is 112 cm³/mol. The number of nitrogens with one attached hydrogen (secondary N) is 1. The van der Waals surface area contributed by atoms with Crippen molar-refractivity contribution in [3.05, 3.63) is 24.0 Å². The van der Waals surface area contributed by atoms with Crippen molar-refractivity contribution in [3.63, 3.8) is 0 Å². The van der Waals surface area contributed by atoms with Crippen molar-refractivity contribution in [1.29, 1.82) is 0 Å². The van der Waals surface area contributed by atoms with Gasteiger partial charge in [0.15, 0.2) is 5.16 Å². The molecule has 0 amide bonds. The first-order chi connectivity index (χ1) is 13.7. The Morgan fingerprint density at radius 1 is 1.14 bits per heavy atom. The Labute approximate surface area is 170 Å². The number of morpholine rings is 1. The van der Waals surface area contributed by atoms with Crippen molar-refractivity contribution < 1.29 is 4.74 Å². The summed E-state index contributed by atoms with van der Waals surface area (Å²) in [7, 11) is 0. The normalized spacial score (nSPS) is 20.3. The van der Waals surface area contributed by atoms with E-state index in [0.717, 1.165) is 80.7 Å². The highest BCUT2D eigenvalue weighted by atomic mass is 32.2. The number of hydrogen-bond acceptors (Lipinski definition) is 9. The van der Waals surface area contributed by atoms with E-state index in [1.807, 2.05) is 25.4 Å². The molecule has 1 atom stereocenters. The minimum Gasteiger partial charge on any atom is -0.378 e. The summed E-state index contributed by atoms with van der Waals surface area (Å²) in [5.74, 6) is 2.67. The fourth-order valence-electron chi connectivity index (χ4n) is 3.64. The average molecular weight is 402 g/mol. The molecule has 2 aromatic heterocycles. The molecule has 0 aromatic carbocycles. The Bertz CT molecular complexity index is 800. The second kappa shape index (κ2) is 8.91. The first-order valence-corrected chi connectivity index (χ1v) is 11.0. The molecule has 28 heavy (non-hydrogen) atoms. The molecule has 0 saturated carbocycles. The third kappa shape index (κ3) is 4.64. The molecular weight excluding hydrogens is 374 g/mol. The lowest BCUT2D eigenvalue weighted by Gasteiger charge is -2.34. The van der Waals surface area contributed by atoms with Crippen LogP contribution in [0.4, 0.5) is 17.6 Å². The number of rotatable bonds is 5. The molecular formula is C19H27N7OS. The zero-order valence-corrected chi connectivity index (χ0v) is 17.3. The van der Waals surface area contributed by atoms with Gasteiger partial charge in [0.1, 0.15) is 11.6 Å². The summed E-state index contributed by atoms with van der Waals surface area (Å²) in [6.07, 6.45) is 6.09. The van der Waals surface area contributed by atoms with Crippen LogP contribution in [0.3, 0.4) is 0 Å². The lowest BCUT2D eigenvalue weighted by Crippen LogP contribution is -2.43. The Morgan fingerprint density at radius 2 is 2.00 bits per heavy atom. The highest BCUT2D eigenvalue weighted by Crippen LogP contribution is 2.23.